The van der Waals surface area contributed by atoms with E-state index in [0.717, 1.165) is 12.0 Å². The van der Waals surface area contributed by atoms with Crippen molar-refractivity contribution in [2.75, 3.05) is 13.1 Å². The highest BCUT2D eigenvalue weighted by atomic mass is 16.6. The minimum absolute atomic E-state index is 0.110. The normalized spacial score (nSPS) is 19.1. The fourth-order valence-corrected chi connectivity index (χ4v) is 2.30. The van der Waals surface area contributed by atoms with Gasteiger partial charge < -0.3 is 14.4 Å². The van der Waals surface area contributed by atoms with Crippen LogP contribution in [-0.2, 0) is 16.1 Å². The van der Waals surface area contributed by atoms with E-state index >= 15 is 0 Å². The Kier molecular flexibility index (Phi) is 4.65. The first-order valence-electron chi connectivity index (χ1n) is 7.07. The summed E-state index contributed by atoms with van der Waals surface area (Å²) < 4.78 is 11.2. The van der Waals surface area contributed by atoms with E-state index < -0.39 is 0 Å². The molecule has 1 atom stereocenters. The van der Waals surface area contributed by atoms with E-state index in [2.05, 4.69) is 0 Å². The van der Waals surface area contributed by atoms with Crippen molar-refractivity contribution in [2.24, 2.45) is 0 Å². The molecule has 1 amide bonds. The Balaban J connectivity index is 1.77. The van der Waals surface area contributed by atoms with Crippen molar-refractivity contribution in [3.8, 4) is 0 Å². The predicted molar refractivity (Wildman–Crippen MR) is 77.4 cm³/mol. The highest BCUT2D eigenvalue weighted by Gasteiger charge is 2.30. The van der Waals surface area contributed by atoms with Crippen LogP contribution in [0.4, 0.5) is 4.79 Å². The van der Waals surface area contributed by atoms with Crippen LogP contribution in [0.5, 0.6) is 0 Å². The molecule has 2 rings (SSSR count). The number of benzene rings is 1. The molecule has 4 nitrogen and oxygen atoms in total. The van der Waals surface area contributed by atoms with Crippen LogP contribution < -0.4 is 0 Å². The molecule has 1 aromatic carbocycles. The van der Waals surface area contributed by atoms with E-state index in [1.165, 1.54) is 0 Å². The molecule has 0 N–H and O–H groups in total. The minimum atomic E-state index is -0.256. The van der Waals surface area contributed by atoms with Gasteiger partial charge >= 0.3 is 6.09 Å². The largest absolute Gasteiger partial charge is 0.445 e. The van der Waals surface area contributed by atoms with Crippen LogP contribution in [0, 0.1) is 0 Å². The first kappa shape index (κ1) is 14.9. The molecule has 0 aliphatic carbocycles. The molecule has 1 fully saturated rings. The third kappa shape index (κ3) is 4.53. The summed E-state index contributed by atoms with van der Waals surface area (Å²) in [5.41, 5.74) is 0.830. The Morgan fingerprint density at radius 1 is 1.30 bits per heavy atom. The van der Waals surface area contributed by atoms with Crippen molar-refractivity contribution in [3.05, 3.63) is 35.9 Å². The highest BCUT2D eigenvalue weighted by molar-refractivity contribution is 5.68. The molecule has 0 unspecified atom stereocenters. The van der Waals surface area contributed by atoms with Gasteiger partial charge in [-0.2, -0.15) is 0 Å². The number of hydrogen-bond donors (Lipinski definition) is 0. The molecule has 0 radical (unpaired) electrons. The van der Waals surface area contributed by atoms with Gasteiger partial charge in [0.15, 0.2) is 0 Å². The summed E-state index contributed by atoms with van der Waals surface area (Å²) in [7, 11) is 0. The maximum Gasteiger partial charge on any atom is 0.410 e. The Labute approximate surface area is 120 Å². The first-order chi connectivity index (χ1) is 9.44. The number of nitrogens with zero attached hydrogens (tertiary/aromatic N) is 1. The monoisotopic (exact) mass is 277 g/mol. The maximum absolute atomic E-state index is 12.0. The second kappa shape index (κ2) is 6.27. The van der Waals surface area contributed by atoms with Gasteiger partial charge in [-0.05, 0) is 32.8 Å². The number of carbonyl (C=O) groups is 1. The SMILES string of the molecule is CC(C)(C)O[C@@H]1CCN(C(=O)OCc2ccccc2)C1. The third-order valence-electron chi connectivity index (χ3n) is 3.13. The number of carbonyl (C=O) groups excluding carboxylic acids is 1. The predicted octanol–water partition coefficient (Wildman–Crippen LogP) is 3.21. The van der Waals surface area contributed by atoms with Crippen molar-refractivity contribution >= 4 is 6.09 Å². The molecule has 0 aromatic heterocycles. The van der Waals surface area contributed by atoms with Gasteiger partial charge in [-0.25, -0.2) is 4.79 Å². The van der Waals surface area contributed by atoms with Gasteiger partial charge in [0.25, 0.3) is 0 Å². The van der Waals surface area contributed by atoms with Crippen molar-refractivity contribution < 1.29 is 14.3 Å². The van der Waals surface area contributed by atoms with Gasteiger partial charge in [0, 0.05) is 6.54 Å². The summed E-state index contributed by atoms with van der Waals surface area (Å²) in [6.07, 6.45) is 0.727. The topological polar surface area (TPSA) is 38.8 Å². The van der Waals surface area contributed by atoms with Crippen molar-refractivity contribution in [2.45, 2.75) is 45.5 Å². The maximum atomic E-state index is 12.0. The smallest absolute Gasteiger partial charge is 0.410 e. The Morgan fingerprint density at radius 3 is 2.65 bits per heavy atom. The number of ether oxygens (including phenoxy) is 2. The Hall–Kier alpha value is -1.55. The van der Waals surface area contributed by atoms with Gasteiger partial charge in [0.1, 0.15) is 6.61 Å². The summed E-state index contributed by atoms with van der Waals surface area (Å²) >= 11 is 0. The van der Waals surface area contributed by atoms with Crippen LogP contribution in [-0.4, -0.2) is 35.8 Å². The lowest BCUT2D eigenvalue weighted by Gasteiger charge is -2.24. The van der Waals surface area contributed by atoms with E-state index in [4.69, 9.17) is 9.47 Å². The van der Waals surface area contributed by atoms with Gasteiger partial charge in [-0.15, -0.1) is 0 Å². The molecule has 4 heteroatoms. The molecule has 1 aliphatic heterocycles. The molecule has 1 aromatic rings. The molecule has 0 spiro atoms. The molecule has 1 aliphatic rings. The second-order valence-corrected chi connectivity index (χ2v) is 6.13. The van der Waals surface area contributed by atoms with Crippen LogP contribution in [0.2, 0.25) is 0 Å². The van der Waals surface area contributed by atoms with E-state index in [9.17, 15) is 4.79 Å². The Morgan fingerprint density at radius 2 is 2.00 bits per heavy atom. The third-order valence-corrected chi connectivity index (χ3v) is 3.13. The Bertz CT molecular complexity index is 439. The number of hydrogen-bond acceptors (Lipinski definition) is 3. The van der Waals surface area contributed by atoms with Crippen molar-refractivity contribution in [1.29, 1.82) is 0 Å². The van der Waals surface area contributed by atoms with Crippen LogP contribution in [0.1, 0.15) is 32.8 Å². The molecule has 0 saturated carbocycles. The minimum Gasteiger partial charge on any atom is -0.445 e. The number of rotatable bonds is 3. The van der Waals surface area contributed by atoms with E-state index in [1.54, 1.807) is 4.90 Å². The number of likely N-dealkylation sites (tertiary alicyclic amines) is 1. The van der Waals surface area contributed by atoms with Gasteiger partial charge in [-0.1, -0.05) is 30.3 Å². The molecule has 20 heavy (non-hydrogen) atoms. The zero-order valence-electron chi connectivity index (χ0n) is 12.5. The number of amides is 1. The zero-order valence-corrected chi connectivity index (χ0v) is 12.5. The highest BCUT2D eigenvalue weighted by Crippen LogP contribution is 2.20. The summed E-state index contributed by atoms with van der Waals surface area (Å²) in [6.45, 7) is 7.73. The van der Waals surface area contributed by atoms with Crippen LogP contribution in [0.25, 0.3) is 0 Å². The average Bonchev–Trinajstić information content (AvgIpc) is 2.83. The summed E-state index contributed by atoms with van der Waals surface area (Å²) in [5.74, 6) is 0. The molecule has 0 bridgehead atoms. The van der Waals surface area contributed by atoms with Crippen LogP contribution in [0.15, 0.2) is 30.3 Å². The van der Waals surface area contributed by atoms with Crippen LogP contribution >= 0.6 is 0 Å². The fourth-order valence-electron chi connectivity index (χ4n) is 2.30. The molecular formula is C16H23NO3. The lowest BCUT2D eigenvalue weighted by molar-refractivity contribution is -0.0537. The summed E-state index contributed by atoms with van der Waals surface area (Å²) in [6, 6.07) is 9.71. The molecule has 1 saturated heterocycles. The molecular weight excluding hydrogens is 254 g/mol. The fraction of sp³-hybridized carbons (Fsp3) is 0.562. The quantitative estimate of drug-likeness (QED) is 0.851. The van der Waals surface area contributed by atoms with Crippen molar-refractivity contribution in [3.63, 3.8) is 0 Å². The lowest BCUT2D eigenvalue weighted by atomic mass is 10.2. The van der Waals surface area contributed by atoms with E-state index in [0.29, 0.717) is 19.7 Å². The second-order valence-electron chi connectivity index (χ2n) is 6.13. The van der Waals surface area contributed by atoms with Gasteiger partial charge in [-0.3, -0.25) is 0 Å². The zero-order chi connectivity index (χ0) is 14.6. The first-order valence-corrected chi connectivity index (χ1v) is 7.07. The summed E-state index contributed by atoms with van der Waals surface area (Å²) in [4.78, 5) is 13.7. The van der Waals surface area contributed by atoms with Gasteiger partial charge in [0.2, 0.25) is 0 Å². The van der Waals surface area contributed by atoms with Crippen LogP contribution in [0.3, 0.4) is 0 Å². The summed E-state index contributed by atoms with van der Waals surface area (Å²) in [5, 5.41) is 0. The molecule has 110 valence electrons. The van der Waals surface area contributed by atoms with E-state index in [-0.39, 0.29) is 17.8 Å². The van der Waals surface area contributed by atoms with Gasteiger partial charge in [0.05, 0.1) is 18.2 Å². The van der Waals surface area contributed by atoms with Crippen molar-refractivity contribution in [1.82, 2.24) is 4.90 Å². The average molecular weight is 277 g/mol. The lowest BCUT2D eigenvalue weighted by Crippen LogP contribution is -2.33. The standard InChI is InChI=1S/C16H23NO3/c1-16(2,3)20-14-9-10-17(11-14)15(18)19-12-13-7-5-4-6-8-13/h4-8,14H,9-12H2,1-3H3/t14-/m1/s1. The van der Waals surface area contributed by atoms with E-state index in [1.807, 2.05) is 51.1 Å². The molecule has 1 heterocycles.